The van der Waals surface area contributed by atoms with Gasteiger partial charge in [-0.1, -0.05) is 0 Å². The van der Waals surface area contributed by atoms with Gasteiger partial charge in [0.05, 0.1) is 0 Å². The number of hydrogen-bond donors (Lipinski definition) is 2. The summed E-state index contributed by atoms with van der Waals surface area (Å²) in [5.74, 6) is -0.302. The third kappa shape index (κ3) is 5.30. The Kier molecular flexibility index (Phi) is 5.99. The van der Waals surface area contributed by atoms with Gasteiger partial charge in [-0.05, 0) is 43.7 Å². The van der Waals surface area contributed by atoms with Crippen molar-refractivity contribution >= 4 is 17.5 Å². The average molecular weight is 318 g/mol. The molecule has 0 atom stereocenters. The Morgan fingerprint density at radius 1 is 1.26 bits per heavy atom. The van der Waals surface area contributed by atoms with E-state index < -0.39 is 0 Å². The van der Waals surface area contributed by atoms with Crippen molar-refractivity contribution < 1.29 is 13.9 Å². The van der Waals surface area contributed by atoms with Gasteiger partial charge in [0.1, 0.15) is 11.5 Å². The SMILES string of the molecule is COCCCNC(=O)c1cc(C)nc(Nc2ccc(F)cc2)n1. The summed E-state index contributed by atoms with van der Waals surface area (Å²) in [5.41, 5.74) is 1.58. The van der Waals surface area contributed by atoms with Gasteiger partial charge in [-0.2, -0.15) is 0 Å². The topological polar surface area (TPSA) is 76.1 Å². The number of rotatable bonds is 7. The second-order valence-electron chi connectivity index (χ2n) is 4.95. The van der Waals surface area contributed by atoms with E-state index in [1.54, 1.807) is 32.2 Å². The molecule has 7 heteroatoms. The molecule has 0 fully saturated rings. The fourth-order valence-corrected chi connectivity index (χ4v) is 1.91. The van der Waals surface area contributed by atoms with Crippen LogP contribution in [0.4, 0.5) is 16.0 Å². The van der Waals surface area contributed by atoms with Crippen molar-refractivity contribution in [1.82, 2.24) is 15.3 Å². The van der Waals surface area contributed by atoms with Crippen molar-refractivity contribution in [2.45, 2.75) is 13.3 Å². The summed E-state index contributed by atoms with van der Waals surface area (Å²) in [7, 11) is 1.61. The molecule has 6 nitrogen and oxygen atoms in total. The molecule has 0 saturated carbocycles. The van der Waals surface area contributed by atoms with Crippen molar-refractivity contribution in [3.8, 4) is 0 Å². The average Bonchev–Trinajstić information content (AvgIpc) is 2.53. The minimum Gasteiger partial charge on any atom is -0.385 e. The van der Waals surface area contributed by atoms with Crippen LogP contribution in [-0.2, 0) is 4.74 Å². The molecule has 1 aromatic heterocycles. The molecule has 1 amide bonds. The van der Waals surface area contributed by atoms with Gasteiger partial charge in [-0.15, -0.1) is 0 Å². The van der Waals surface area contributed by atoms with E-state index in [-0.39, 0.29) is 17.4 Å². The van der Waals surface area contributed by atoms with Crippen molar-refractivity contribution in [1.29, 1.82) is 0 Å². The minimum atomic E-state index is -0.322. The molecule has 0 unspecified atom stereocenters. The number of benzene rings is 1. The van der Waals surface area contributed by atoms with Crippen LogP contribution in [0.2, 0.25) is 0 Å². The van der Waals surface area contributed by atoms with Gasteiger partial charge in [0.15, 0.2) is 0 Å². The number of carbonyl (C=O) groups excluding carboxylic acids is 1. The van der Waals surface area contributed by atoms with Crippen LogP contribution < -0.4 is 10.6 Å². The standard InChI is InChI=1S/C16H19FN4O2/c1-11-10-14(15(22)18-8-3-9-23-2)21-16(19-11)20-13-6-4-12(17)5-7-13/h4-7,10H,3,8-9H2,1-2H3,(H,18,22)(H,19,20,21). The highest BCUT2D eigenvalue weighted by Gasteiger charge is 2.10. The maximum absolute atomic E-state index is 12.9. The lowest BCUT2D eigenvalue weighted by Gasteiger charge is -2.09. The molecule has 0 aliphatic rings. The van der Waals surface area contributed by atoms with Gasteiger partial charge in [0.25, 0.3) is 5.91 Å². The molecule has 23 heavy (non-hydrogen) atoms. The number of aryl methyl sites for hydroxylation is 1. The Morgan fingerprint density at radius 3 is 2.70 bits per heavy atom. The zero-order chi connectivity index (χ0) is 16.7. The van der Waals surface area contributed by atoms with E-state index in [1.165, 1.54) is 12.1 Å². The second kappa shape index (κ2) is 8.19. The minimum absolute atomic E-state index is 0.270. The summed E-state index contributed by atoms with van der Waals surface area (Å²) >= 11 is 0. The second-order valence-corrected chi connectivity index (χ2v) is 4.95. The largest absolute Gasteiger partial charge is 0.385 e. The molecule has 2 rings (SSSR count). The third-order valence-corrected chi connectivity index (χ3v) is 3.00. The molecule has 0 aliphatic carbocycles. The highest BCUT2D eigenvalue weighted by atomic mass is 19.1. The number of anilines is 2. The van der Waals surface area contributed by atoms with Crippen molar-refractivity contribution in [2.24, 2.45) is 0 Å². The maximum atomic E-state index is 12.9. The Balaban J connectivity index is 2.05. The zero-order valence-electron chi connectivity index (χ0n) is 13.1. The highest BCUT2D eigenvalue weighted by molar-refractivity contribution is 5.92. The molecular formula is C16H19FN4O2. The number of aromatic nitrogens is 2. The van der Waals surface area contributed by atoms with Gasteiger partial charge in [-0.3, -0.25) is 4.79 Å². The van der Waals surface area contributed by atoms with E-state index in [1.807, 2.05) is 0 Å². The first-order valence-corrected chi connectivity index (χ1v) is 7.24. The Morgan fingerprint density at radius 2 is 2.00 bits per heavy atom. The van der Waals surface area contributed by atoms with Crippen LogP contribution in [0.3, 0.4) is 0 Å². The molecule has 0 aliphatic heterocycles. The predicted octanol–water partition coefficient (Wildman–Crippen LogP) is 2.43. The number of ether oxygens (including phenoxy) is 1. The first-order valence-electron chi connectivity index (χ1n) is 7.24. The quantitative estimate of drug-likeness (QED) is 0.767. The van der Waals surface area contributed by atoms with E-state index in [0.717, 1.165) is 6.42 Å². The zero-order valence-corrected chi connectivity index (χ0v) is 13.1. The van der Waals surface area contributed by atoms with Gasteiger partial charge in [-0.25, -0.2) is 14.4 Å². The fraction of sp³-hybridized carbons (Fsp3) is 0.312. The van der Waals surface area contributed by atoms with Gasteiger partial charge in [0, 0.05) is 31.6 Å². The summed E-state index contributed by atoms with van der Waals surface area (Å²) in [6.07, 6.45) is 0.729. The molecule has 2 N–H and O–H groups in total. The van der Waals surface area contributed by atoms with Crippen molar-refractivity contribution in [3.05, 3.63) is 47.5 Å². The first-order chi connectivity index (χ1) is 11.1. The van der Waals surface area contributed by atoms with E-state index in [4.69, 9.17) is 4.74 Å². The Labute approximate surface area is 134 Å². The Bertz CT molecular complexity index is 662. The molecular weight excluding hydrogens is 299 g/mol. The molecule has 0 bridgehead atoms. The van der Waals surface area contributed by atoms with Crippen LogP contribution in [0.1, 0.15) is 22.6 Å². The number of amides is 1. The van der Waals surface area contributed by atoms with Crippen LogP contribution in [0.15, 0.2) is 30.3 Å². The number of hydrogen-bond acceptors (Lipinski definition) is 5. The summed E-state index contributed by atoms with van der Waals surface area (Å²) in [6, 6.07) is 7.43. The van der Waals surface area contributed by atoms with Crippen molar-refractivity contribution in [2.75, 3.05) is 25.6 Å². The van der Waals surface area contributed by atoms with Crippen LogP contribution in [0.5, 0.6) is 0 Å². The van der Waals surface area contributed by atoms with Crippen LogP contribution in [0, 0.1) is 12.7 Å². The smallest absolute Gasteiger partial charge is 0.270 e. The van der Waals surface area contributed by atoms with E-state index >= 15 is 0 Å². The monoisotopic (exact) mass is 318 g/mol. The molecule has 0 saturated heterocycles. The lowest BCUT2D eigenvalue weighted by molar-refractivity contribution is 0.0943. The normalized spacial score (nSPS) is 10.4. The highest BCUT2D eigenvalue weighted by Crippen LogP contribution is 2.14. The maximum Gasteiger partial charge on any atom is 0.270 e. The fourth-order valence-electron chi connectivity index (χ4n) is 1.91. The number of halogens is 1. The molecule has 122 valence electrons. The Hall–Kier alpha value is -2.54. The lowest BCUT2D eigenvalue weighted by atomic mass is 10.3. The number of methoxy groups -OCH3 is 1. The lowest BCUT2D eigenvalue weighted by Crippen LogP contribution is -2.26. The van der Waals surface area contributed by atoms with E-state index in [2.05, 4.69) is 20.6 Å². The summed E-state index contributed by atoms with van der Waals surface area (Å²) in [5, 5.41) is 5.73. The summed E-state index contributed by atoms with van der Waals surface area (Å²) < 4.78 is 17.8. The third-order valence-electron chi connectivity index (χ3n) is 3.00. The van der Waals surface area contributed by atoms with Crippen LogP contribution >= 0.6 is 0 Å². The predicted molar refractivity (Wildman–Crippen MR) is 85.3 cm³/mol. The number of nitrogens with one attached hydrogen (secondary N) is 2. The van der Waals surface area contributed by atoms with E-state index in [0.29, 0.717) is 30.5 Å². The molecule has 0 radical (unpaired) electrons. The molecule has 1 aromatic carbocycles. The molecule has 2 aromatic rings. The first kappa shape index (κ1) is 16.8. The van der Waals surface area contributed by atoms with Gasteiger partial charge >= 0.3 is 0 Å². The van der Waals surface area contributed by atoms with E-state index in [9.17, 15) is 9.18 Å². The van der Waals surface area contributed by atoms with Crippen LogP contribution in [0.25, 0.3) is 0 Å². The number of carbonyl (C=O) groups is 1. The molecule has 0 spiro atoms. The summed E-state index contributed by atoms with van der Waals surface area (Å²) in [6.45, 7) is 2.87. The van der Waals surface area contributed by atoms with Gasteiger partial charge in [0.2, 0.25) is 5.95 Å². The molecule has 1 heterocycles. The van der Waals surface area contributed by atoms with Crippen LogP contribution in [-0.4, -0.2) is 36.1 Å². The number of nitrogens with zero attached hydrogens (tertiary/aromatic N) is 2. The summed E-state index contributed by atoms with van der Waals surface area (Å²) in [4.78, 5) is 20.5. The van der Waals surface area contributed by atoms with Crippen molar-refractivity contribution in [3.63, 3.8) is 0 Å². The van der Waals surface area contributed by atoms with Gasteiger partial charge < -0.3 is 15.4 Å².